The summed E-state index contributed by atoms with van der Waals surface area (Å²) in [6.45, 7) is 5.07. The molecule has 1 aromatic carbocycles. The van der Waals surface area contributed by atoms with Crippen molar-refractivity contribution in [3.8, 4) is 11.4 Å². The molecule has 0 saturated carbocycles. The summed E-state index contributed by atoms with van der Waals surface area (Å²) in [7, 11) is 1.76. The summed E-state index contributed by atoms with van der Waals surface area (Å²) in [5.74, 6) is 1.36. The van der Waals surface area contributed by atoms with Crippen LogP contribution in [0.15, 0.2) is 65.6 Å². The van der Waals surface area contributed by atoms with E-state index in [0.717, 1.165) is 34.7 Å². The highest BCUT2D eigenvalue weighted by Gasteiger charge is 2.16. The third kappa shape index (κ3) is 3.60. The number of aryl methyl sites for hydroxylation is 1. The largest absolute Gasteiger partial charge is 0.318 e. The lowest BCUT2D eigenvalue weighted by Crippen LogP contribution is -2.14. The van der Waals surface area contributed by atoms with Gasteiger partial charge < -0.3 is 9.13 Å². The summed E-state index contributed by atoms with van der Waals surface area (Å²) in [6.07, 6.45) is 2.77. The van der Waals surface area contributed by atoms with Crippen LogP contribution in [0, 0.1) is 5.92 Å². The molecule has 0 aliphatic carbocycles. The first kappa shape index (κ1) is 18.2. The van der Waals surface area contributed by atoms with E-state index in [1.807, 2.05) is 36.5 Å². The predicted molar refractivity (Wildman–Crippen MR) is 112 cm³/mol. The lowest BCUT2D eigenvalue weighted by atomic mass is 10.1. The molecule has 0 radical (unpaired) electrons. The zero-order chi connectivity index (χ0) is 19.7. The van der Waals surface area contributed by atoms with Gasteiger partial charge in [-0.15, -0.1) is 0 Å². The van der Waals surface area contributed by atoms with Crippen LogP contribution in [0.3, 0.4) is 0 Å². The Hall–Kier alpha value is -3.21. The first-order valence-electron chi connectivity index (χ1n) is 9.58. The number of imidazole rings is 1. The topological polar surface area (TPSA) is 52.7 Å². The molecule has 0 N–H and O–H groups in total. The first-order chi connectivity index (χ1) is 13.5. The van der Waals surface area contributed by atoms with Crippen LogP contribution in [0.25, 0.3) is 22.6 Å². The maximum Gasteiger partial charge on any atom is 0.250 e. The van der Waals surface area contributed by atoms with Gasteiger partial charge in [-0.1, -0.05) is 44.2 Å². The highest BCUT2D eigenvalue weighted by atomic mass is 16.1. The summed E-state index contributed by atoms with van der Waals surface area (Å²) >= 11 is 0. The van der Waals surface area contributed by atoms with E-state index in [0.29, 0.717) is 12.5 Å². The van der Waals surface area contributed by atoms with Crippen molar-refractivity contribution in [3.05, 3.63) is 82.4 Å². The van der Waals surface area contributed by atoms with Crippen LogP contribution in [0.5, 0.6) is 0 Å². The fraction of sp³-hybridized carbons (Fsp3) is 0.261. The molecule has 142 valence electrons. The van der Waals surface area contributed by atoms with Gasteiger partial charge in [0.15, 0.2) is 5.65 Å². The molecule has 4 rings (SSSR count). The van der Waals surface area contributed by atoms with Gasteiger partial charge in [0.05, 0.1) is 6.54 Å². The van der Waals surface area contributed by atoms with Crippen molar-refractivity contribution in [1.82, 2.24) is 19.1 Å². The van der Waals surface area contributed by atoms with Gasteiger partial charge in [0.2, 0.25) is 5.56 Å². The minimum Gasteiger partial charge on any atom is -0.318 e. The van der Waals surface area contributed by atoms with Gasteiger partial charge >= 0.3 is 0 Å². The number of pyridine rings is 2. The number of nitrogens with zero attached hydrogens (tertiary/aromatic N) is 4. The normalized spacial score (nSPS) is 11.4. The summed E-state index contributed by atoms with van der Waals surface area (Å²) in [5, 5.41) is 0. The molecule has 5 nitrogen and oxygen atoms in total. The molecule has 0 spiro atoms. The van der Waals surface area contributed by atoms with Crippen molar-refractivity contribution in [2.45, 2.75) is 26.8 Å². The Kier molecular flexibility index (Phi) is 4.82. The Morgan fingerprint density at radius 2 is 1.75 bits per heavy atom. The second-order valence-corrected chi connectivity index (χ2v) is 7.62. The molecular weight excluding hydrogens is 348 g/mol. The van der Waals surface area contributed by atoms with E-state index < -0.39 is 0 Å². The Morgan fingerprint density at radius 1 is 0.964 bits per heavy atom. The summed E-state index contributed by atoms with van der Waals surface area (Å²) in [6, 6.07) is 17.8. The van der Waals surface area contributed by atoms with Crippen LogP contribution >= 0.6 is 0 Å². The number of rotatable bonds is 5. The van der Waals surface area contributed by atoms with Crippen molar-refractivity contribution in [2.75, 3.05) is 0 Å². The monoisotopic (exact) mass is 372 g/mol. The van der Waals surface area contributed by atoms with E-state index in [1.54, 1.807) is 17.7 Å². The SMILES string of the molecule is CC(C)Cc1ccc2nc(-c3ccc(=O)n(C)c3)n(Cc3ccccc3)c2n1. The van der Waals surface area contributed by atoms with E-state index >= 15 is 0 Å². The van der Waals surface area contributed by atoms with Crippen LogP contribution in [0.4, 0.5) is 0 Å². The second-order valence-electron chi connectivity index (χ2n) is 7.62. The average molecular weight is 372 g/mol. The molecule has 0 saturated heterocycles. The Bertz CT molecular complexity index is 1170. The van der Waals surface area contributed by atoms with Gasteiger partial charge in [-0.05, 0) is 36.1 Å². The Labute approximate surface area is 164 Å². The van der Waals surface area contributed by atoms with E-state index in [9.17, 15) is 4.79 Å². The maximum atomic E-state index is 11.8. The fourth-order valence-corrected chi connectivity index (χ4v) is 3.44. The number of aromatic nitrogens is 4. The maximum absolute atomic E-state index is 11.8. The predicted octanol–water partition coefficient (Wildman–Crippen LogP) is 4.04. The molecule has 4 aromatic rings. The average Bonchev–Trinajstić information content (AvgIpc) is 3.02. The van der Waals surface area contributed by atoms with Crippen molar-refractivity contribution in [2.24, 2.45) is 13.0 Å². The van der Waals surface area contributed by atoms with Crippen LogP contribution < -0.4 is 5.56 Å². The van der Waals surface area contributed by atoms with Gasteiger partial charge in [-0.25, -0.2) is 9.97 Å². The van der Waals surface area contributed by atoms with Crippen LogP contribution in [-0.4, -0.2) is 19.1 Å². The molecular formula is C23H24N4O. The van der Waals surface area contributed by atoms with E-state index in [2.05, 4.69) is 36.6 Å². The summed E-state index contributed by atoms with van der Waals surface area (Å²) < 4.78 is 3.73. The molecule has 3 aromatic heterocycles. The van der Waals surface area contributed by atoms with E-state index in [-0.39, 0.29) is 5.56 Å². The molecule has 3 heterocycles. The zero-order valence-electron chi connectivity index (χ0n) is 16.5. The van der Waals surface area contributed by atoms with Gasteiger partial charge in [0.1, 0.15) is 11.3 Å². The number of hydrogen-bond acceptors (Lipinski definition) is 3. The minimum atomic E-state index is -0.0354. The minimum absolute atomic E-state index is 0.0354. The van der Waals surface area contributed by atoms with Gasteiger partial charge in [0.25, 0.3) is 0 Å². The van der Waals surface area contributed by atoms with Crippen molar-refractivity contribution in [1.29, 1.82) is 0 Å². The summed E-state index contributed by atoms with van der Waals surface area (Å²) in [4.78, 5) is 21.6. The second kappa shape index (κ2) is 7.43. The molecule has 5 heteroatoms. The van der Waals surface area contributed by atoms with Gasteiger partial charge in [0, 0.05) is 30.6 Å². The highest BCUT2D eigenvalue weighted by molar-refractivity contribution is 5.77. The first-order valence-corrected chi connectivity index (χ1v) is 9.58. The van der Waals surface area contributed by atoms with Crippen LogP contribution in [0.1, 0.15) is 25.1 Å². The zero-order valence-corrected chi connectivity index (χ0v) is 16.5. The van der Waals surface area contributed by atoms with Crippen molar-refractivity contribution < 1.29 is 0 Å². The fourth-order valence-electron chi connectivity index (χ4n) is 3.44. The lowest BCUT2D eigenvalue weighted by molar-refractivity contribution is 0.636. The van der Waals surface area contributed by atoms with Gasteiger partial charge in [-0.2, -0.15) is 0 Å². The third-order valence-corrected chi connectivity index (χ3v) is 4.79. The molecule has 0 fully saturated rings. The lowest BCUT2D eigenvalue weighted by Gasteiger charge is -2.11. The summed E-state index contributed by atoms with van der Waals surface area (Å²) in [5.41, 5.74) is 4.87. The standard InChI is InChI=1S/C23H24N4O/c1-16(2)13-19-10-11-20-23(24-19)27(14-17-7-5-4-6-8-17)22(25-20)18-9-12-21(28)26(3)15-18/h4-12,15-16H,13-14H2,1-3H3. The van der Waals surface area contributed by atoms with E-state index in [4.69, 9.17) is 9.97 Å². The van der Waals surface area contributed by atoms with Crippen molar-refractivity contribution in [3.63, 3.8) is 0 Å². The van der Waals surface area contributed by atoms with Crippen LogP contribution in [0.2, 0.25) is 0 Å². The van der Waals surface area contributed by atoms with Crippen LogP contribution in [-0.2, 0) is 20.0 Å². The van der Waals surface area contributed by atoms with Gasteiger partial charge in [-0.3, -0.25) is 4.79 Å². The number of hydrogen-bond donors (Lipinski definition) is 0. The van der Waals surface area contributed by atoms with Crippen molar-refractivity contribution >= 4 is 11.2 Å². The molecule has 0 unspecified atom stereocenters. The smallest absolute Gasteiger partial charge is 0.250 e. The highest BCUT2D eigenvalue weighted by Crippen LogP contribution is 2.25. The Balaban J connectivity index is 1.90. The quantitative estimate of drug-likeness (QED) is 0.531. The molecule has 0 bridgehead atoms. The van der Waals surface area contributed by atoms with E-state index in [1.165, 1.54) is 5.56 Å². The number of fused-ring (bicyclic) bond motifs is 1. The molecule has 0 atom stereocenters. The molecule has 28 heavy (non-hydrogen) atoms. The molecule has 0 amide bonds. The Morgan fingerprint density at radius 3 is 2.46 bits per heavy atom. The third-order valence-electron chi connectivity index (χ3n) is 4.79. The number of benzene rings is 1. The molecule has 0 aliphatic rings. The molecule has 0 aliphatic heterocycles.